The SMILES string of the molecule is C#CCOCCOCCOCCOCCC[C@@H](CCNC(=O)OC(C)(C)C)C(=O)OC. The van der Waals surface area contributed by atoms with Gasteiger partial charge < -0.3 is 33.7 Å². The molecule has 0 bridgehead atoms. The van der Waals surface area contributed by atoms with E-state index in [1.54, 1.807) is 20.8 Å². The zero-order chi connectivity index (χ0) is 23.4. The second kappa shape index (κ2) is 18.9. The smallest absolute Gasteiger partial charge is 0.407 e. The fourth-order valence-electron chi connectivity index (χ4n) is 2.43. The van der Waals surface area contributed by atoms with E-state index in [2.05, 4.69) is 11.2 Å². The monoisotopic (exact) mass is 445 g/mol. The molecule has 0 saturated carbocycles. The molecule has 0 aromatic heterocycles. The van der Waals surface area contributed by atoms with Crippen molar-refractivity contribution in [2.45, 2.75) is 45.6 Å². The van der Waals surface area contributed by atoms with Gasteiger partial charge in [-0.05, 0) is 40.0 Å². The van der Waals surface area contributed by atoms with Crippen LogP contribution in [0.1, 0.15) is 40.0 Å². The Morgan fingerprint density at radius 1 is 0.903 bits per heavy atom. The van der Waals surface area contributed by atoms with Crippen molar-refractivity contribution in [3.63, 3.8) is 0 Å². The van der Waals surface area contributed by atoms with Crippen LogP contribution >= 0.6 is 0 Å². The molecule has 9 heteroatoms. The van der Waals surface area contributed by atoms with E-state index in [4.69, 9.17) is 34.8 Å². The number of esters is 1. The maximum absolute atomic E-state index is 11.9. The standard InChI is InChI=1S/C22H39NO8/c1-6-11-27-13-15-29-17-18-30-16-14-28-12-7-8-19(20(24)26-5)9-10-23-21(25)31-22(2,3)4/h1,19H,7-18H2,2-5H3,(H,23,25)/t19-/m0/s1. The quantitative estimate of drug-likeness (QED) is 0.195. The normalized spacial score (nSPS) is 12.1. The van der Waals surface area contributed by atoms with Crippen molar-refractivity contribution in [2.75, 3.05) is 66.5 Å². The van der Waals surface area contributed by atoms with E-state index in [-0.39, 0.29) is 11.9 Å². The molecule has 1 atom stereocenters. The Morgan fingerprint density at radius 3 is 1.97 bits per heavy atom. The van der Waals surface area contributed by atoms with Crippen molar-refractivity contribution in [3.05, 3.63) is 0 Å². The van der Waals surface area contributed by atoms with Gasteiger partial charge in [0.1, 0.15) is 12.2 Å². The van der Waals surface area contributed by atoms with E-state index in [1.165, 1.54) is 7.11 Å². The van der Waals surface area contributed by atoms with Gasteiger partial charge in [0.05, 0.1) is 52.7 Å². The van der Waals surface area contributed by atoms with Gasteiger partial charge in [0, 0.05) is 13.2 Å². The highest BCUT2D eigenvalue weighted by Crippen LogP contribution is 2.13. The number of hydrogen-bond acceptors (Lipinski definition) is 8. The number of nitrogens with one attached hydrogen (secondary N) is 1. The topological polar surface area (TPSA) is 102 Å². The van der Waals surface area contributed by atoms with E-state index in [9.17, 15) is 9.59 Å². The highest BCUT2D eigenvalue weighted by atomic mass is 16.6. The average molecular weight is 446 g/mol. The summed E-state index contributed by atoms with van der Waals surface area (Å²) in [6, 6.07) is 0. The minimum atomic E-state index is -0.558. The summed E-state index contributed by atoms with van der Waals surface area (Å²) in [4.78, 5) is 23.6. The number of amides is 1. The van der Waals surface area contributed by atoms with Crippen molar-refractivity contribution in [3.8, 4) is 12.3 Å². The fraction of sp³-hybridized carbons (Fsp3) is 0.818. The number of rotatable bonds is 18. The first-order valence-electron chi connectivity index (χ1n) is 10.6. The number of ether oxygens (including phenoxy) is 6. The predicted molar refractivity (Wildman–Crippen MR) is 116 cm³/mol. The summed E-state index contributed by atoms with van der Waals surface area (Å²) in [5, 5.41) is 2.66. The first kappa shape index (κ1) is 29.1. The molecule has 0 radical (unpaired) electrons. The minimum absolute atomic E-state index is 0.292. The Morgan fingerprint density at radius 2 is 1.45 bits per heavy atom. The summed E-state index contributed by atoms with van der Waals surface area (Å²) in [6.07, 6.45) is 6.35. The molecule has 1 amide bonds. The molecule has 9 nitrogen and oxygen atoms in total. The van der Waals surface area contributed by atoms with Gasteiger partial charge in [-0.2, -0.15) is 0 Å². The van der Waals surface area contributed by atoms with E-state index in [1.807, 2.05) is 0 Å². The Balaban J connectivity index is 3.71. The molecule has 0 fully saturated rings. The lowest BCUT2D eigenvalue weighted by Crippen LogP contribution is -2.34. The third-order valence-electron chi connectivity index (χ3n) is 3.84. The Hall–Kier alpha value is -1.86. The molecule has 0 rings (SSSR count). The van der Waals surface area contributed by atoms with E-state index >= 15 is 0 Å². The molecule has 0 aliphatic carbocycles. The second-order valence-electron chi connectivity index (χ2n) is 7.67. The van der Waals surface area contributed by atoms with Crippen molar-refractivity contribution in [1.82, 2.24) is 5.32 Å². The van der Waals surface area contributed by atoms with Crippen molar-refractivity contribution in [2.24, 2.45) is 5.92 Å². The summed E-state index contributed by atoms with van der Waals surface area (Å²) in [6.45, 7) is 9.37. The molecule has 0 aromatic carbocycles. The molecular formula is C22H39NO8. The molecule has 31 heavy (non-hydrogen) atoms. The zero-order valence-electron chi connectivity index (χ0n) is 19.4. The van der Waals surface area contributed by atoms with Crippen LogP contribution in [0.3, 0.4) is 0 Å². The van der Waals surface area contributed by atoms with Crippen LogP contribution in [0.4, 0.5) is 4.79 Å². The second-order valence-corrected chi connectivity index (χ2v) is 7.67. The van der Waals surface area contributed by atoms with Gasteiger partial charge >= 0.3 is 12.1 Å². The lowest BCUT2D eigenvalue weighted by Gasteiger charge is -2.20. The Kier molecular flexibility index (Phi) is 17.7. The molecule has 180 valence electrons. The predicted octanol–water partition coefficient (Wildman–Crippen LogP) is 2.17. The van der Waals surface area contributed by atoms with Crippen LogP contribution in [0.5, 0.6) is 0 Å². The van der Waals surface area contributed by atoms with Gasteiger partial charge in [0.2, 0.25) is 0 Å². The maximum atomic E-state index is 11.9. The van der Waals surface area contributed by atoms with Gasteiger partial charge in [-0.1, -0.05) is 5.92 Å². The van der Waals surface area contributed by atoms with Crippen molar-refractivity contribution < 1.29 is 38.0 Å². The number of terminal acetylenes is 1. The zero-order valence-corrected chi connectivity index (χ0v) is 19.4. The lowest BCUT2D eigenvalue weighted by molar-refractivity contribution is -0.146. The van der Waals surface area contributed by atoms with Crippen LogP contribution in [0.25, 0.3) is 0 Å². The van der Waals surface area contributed by atoms with Crippen LogP contribution in [0.2, 0.25) is 0 Å². The molecule has 0 heterocycles. The van der Waals surface area contributed by atoms with Gasteiger partial charge in [0.15, 0.2) is 0 Å². The van der Waals surface area contributed by atoms with E-state index in [0.717, 1.165) is 0 Å². The molecule has 0 aliphatic rings. The van der Waals surface area contributed by atoms with Gasteiger partial charge in [-0.25, -0.2) is 4.79 Å². The highest BCUT2D eigenvalue weighted by molar-refractivity contribution is 5.72. The molecule has 1 N–H and O–H groups in total. The Bertz CT molecular complexity index is 513. The van der Waals surface area contributed by atoms with Crippen LogP contribution in [-0.4, -0.2) is 84.2 Å². The summed E-state index contributed by atoms with van der Waals surface area (Å²) in [5.41, 5.74) is -0.558. The number of hydrogen-bond donors (Lipinski definition) is 1. The summed E-state index contributed by atoms with van der Waals surface area (Å²) >= 11 is 0. The van der Waals surface area contributed by atoms with E-state index < -0.39 is 11.7 Å². The number of alkyl carbamates (subject to hydrolysis) is 1. The first-order valence-corrected chi connectivity index (χ1v) is 10.6. The minimum Gasteiger partial charge on any atom is -0.469 e. The number of carbonyl (C=O) groups is 2. The summed E-state index contributed by atoms with van der Waals surface area (Å²) < 4.78 is 31.3. The molecule has 0 aromatic rings. The number of methoxy groups -OCH3 is 1. The van der Waals surface area contributed by atoms with E-state index in [0.29, 0.717) is 78.7 Å². The molecular weight excluding hydrogens is 406 g/mol. The van der Waals surface area contributed by atoms with Crippen LogP contribution in [0, 0.1) is 18.3 Å². The number of carbonyl (C=O) groups excluding carboxylic acids is 2. The van der Waals surface area contributed by atoms with Gasteiger partial charge in [-0.15, -0.1) is 6.42 Å². The van der Waals surface area contributed by atoms with Crippen molar-refractivity contribution >= 4 is 12.1 Å². The van der Waals surface area contributed by atoms with Crippen molar-refractivity contribution in [1.29, 1.82) is 0 Å². The van der Waals surface area contributed by atoms with Gasteiger partial charge in [0.25, 0.3) is 0 Å². The highest BCUT2D eigenvalue weighted by Gasteiger charge is 2.20. The molecule has 0 aliphatic heterocycles. The fourth-order valence-corrected chi connectivity index (χ4v) is 2.43. The maximum Gasteiger partial charge on any atom is 0.407 e. The molecule has 0 spiro atoms. The third kappa shape index (κ3) is 19.8. The third-order valence-corrected chi connectivity index (χ3v) is 3.84. The summed E-state index contributed by atoms with van der Waals surface area (Å²) in [7, 11) is 1.36. The largest absolute Gasteiger partial charge is 0.469 e. The van der Waals surface area contributed by atoms with Crippen LogP contribution in [-0.2, 0) is 33.2 Å². The average Bonchev–Trinajstić information content (AvgIpc) is 2.70. The Labute approximate surface area is 186 Å². The first-order chi connectivity index (χ1) is 14.8. The molecule has 0 saturated heterocycles. The van der Waals surface area contributed by atoms with Crippen LogP contribution in [0.15, 0.2) is 0 Å². The lowest BCUT2D eigenvalue weighted by atomic mass is 10.00. The summed E-state index contributed by atoms with van der Waals surface area (Å²) in [5.74, 6) is 1.79. The molecule has 0 unspecified atom stereocenters. The van der Waals surface area contributed by atoms with Gasteiger partial charge in [-0.3, -0.25) is 4.79 Å². The van der Waals surface area contributed by atoms with Crippen LogP contribution < -0.4 is 5.32 Å².